The molecule has 142 valence electrons. The normalized spacial score (nSPS) is 21.5. The van der Waals surface area contributed by atoms with Gasteiger partial charge in [0.15, 0.2) is 0 Å². The molecule has 3 aromatic carbocycles. The molecule has 0 amide bonds. The first-order valence-electron chi connectivity index (χ1n) is 9.50. The van der Waals surface area contributed by atoms with E-state index in [4.69, 9.17) is 9.47 Å². The Bertz CT molecular complexity index is 1240. The zero-order valence-electron chi connectivity index (χ0n) is 15.2. The van der Waals surface area contributed by atoms with Gasteiger partial charge in [-0.25, -0.2) is 19.2 Å². The maximum Gasteiger partial charge on any atom is 0.346 e. The molecule has 6 heteroatoms. The molecule has 2 aliphatic heterocycles. The highest BCUT2D eigenvalue weighted by molar-refractivity contribution is 6.16. The van der Waals surface area contributed by atoms with Gasteiger partial charge in [0.25, 0.3) is 0 Å². The van der Waals surface area contributed by atoms with Gasteiger partial charge >= 0.3 is 23.9 Å². The summed E-state index contributed by atoms with van der Waals surface area (Å²) >= 11 is 0. The minimum atomic E-state index is -0.643. The van der Waals surface area contributed by atoms with Gasteiger partial charge < -0.3 is 9.47 Å². The lowest BCUT2D eigenvalue weighted by molar-refractivity contribution is 0.0425. The van der Waals surface area contributed by atoms with Crippen LogP contribution in [-0.4, -0.2) is 23.9 Å². The Morgan fingerprint density at radius 1 is 0.467 bits per heavy atom. The van der Waals surface area contributed by atoms with E-state index in [0.717, 1.165) is 33.4 Å². The Hall–Kier alpha value is -4.06. The third kappa shape index (κ3) is 1.67. The number of hydrogen-bond donors (Lipinski definition) is 0. The van der Waals surface area contributed by atoms with E-state index < -0.39 is 23.9 Å². The zero-order chi connectivity index (χ0) is 20.3. The molecule has 8 rings (SSSR count). The van der Waals surface area contributed by atoms with Crippen LogP contribution in [0.15, 0.2) is 48.5 Å². The summed E-state index contributed by atoms with van der Waals surface area (Å²) in [5.41, 5.74) is 6.87. The van der Waals surface area contributed by atoms with Crippen LogP contribution in [0, 0.1) is 0 Å². The van der Waals surface area contributed by atoms with Crippen molar-refractivity contribution in [1.29, 1.82) is 0 Å². The van der Waals surface area contributed by atoms with Crippen molar-refractivity contribution in [3.63, 3.8) is 0 Å². The van der Waals surface area contributed by atoms with Crippen molar-refractivity contribution in [2.24, 2.45) is 0 Å². The minimum absolute atomic E-state index is 0.223. The van der Waals surface area contributed by atoms with E-state index in [0.29, 0.717) is 0 Å². The largest absolute Gasteiger partial charge is 0.386 e. The predicted octanol–water partition coefficient (Wildman–Crippen LogP) is 3.30. The van der Waals surface area contributed by atoms with Gasteiger partial charge in [0.05, 0.1) is 22.3 Å². The summed E-state index contributed by atoms with van der Waals surface area (Å²) in [5.74, 6) is -3.02. The SMILES string of the molecule is O=C1OC(=O)c2cc3c(cc21)C1c2ccccc2C3c2cc3c(cc21)C(=O)OC3=O. The average molecular weight is 394 g/mol. The molecule has 0 fully saturated rings. The van der Waals surface area contributed by atoms with Crippen LogP contribution < -0.4 is 0 Å². The van der Waals surface area contributed by atoms with E-state index in [-0.39, 0.29) is 34.1 Å². The van der Waals surface area contributed by atoms with E-state index in [9.17, 15) is 19.2 Å². The third-order valence-electron chi connectivity index (χ3n) is 6.56. The van der Waals surface area contributed by atoms with E-state index in [1.54, 1.807) is 24.3 Å². The van der Waals surface area contributed by atoms with Crippen LogP contribution in [-0.2, 0) is 9.47 Å². The van der Waals surface area contributed by atoms with Gasteiger partial charge in [0.1, 0.15) is 0 Å². The monoisotopic (exact) mass is 394 g/mol. The van der Waals surface area contributed by atoms with Gasteiger partial charge in [-0.1, -0.05) is 24.3 Å². The Balaban J connectivity index is 1.58. The molecule has 0 unspecified atom stereocenters. The molecule has 0 saturated heterocycles. The molecule has 5 aliphatic rings. The fourth-order valence-corrected chi connectivity index (χ4v) is 5.37. The second-order valence-corrected chi connectivity index (χ2v) is 7.90. The van der Waals surface area contributed by atoms with E-state index in [2.05, 4.69) is 0 Å². The topological polar surface area (TPSA) is 86.7 Å². The minimum Gasteiger partial charge on any atom is -0.386 e. The highest BCUT2D eigenvalue weighted by atomic mass is 16.6. The number of carbonyl (C=O) groups excluding carboxylic acids is 4. The van der Waals surface area contributed by atoms with Crippen LogP contribution in [0.4, 0.5) is 0 Å². The maximum absolute atomic E-state index is 12.1. The smallest absolute Gasteiger partial charge is 0.346 e. The first kappa shape index (κ1) is 15.8. The average Bonchev–Trinajstić information content (AvgIpc) is 3.19. The summed E-state index contributed by atoms with van der Waals surface area (Å²) in [5, 5.41) is 0. The van der Waals surface area contributed by atoms with Crippen molar-refractivity contribution in [1.82, 2.24) is 0 Å². The number of hydrogen-bond acceptors (Lipinski definition) is 6. The summed E-state index contributed by atoms with van der Waals surface area (Å²) in [6.07, 6.45) is 0. The molecule has 3 aliphatic carbocycles. The van der Waals surface area contributed by atoms with Crippen molar-refractivity contribution in [2.75, 3.05) is 0 Å². The molecular formula is C24H10O6. The second-order valence-electron chi connectivity index (χ2n) is 7.90. The number of rotatable bonds is 0. The molecule has 0 spiro atoms. The summed E-state index contributed by atoms with van der Waals surface area (Å²) in [4.78, 5) is 48.6. The van der Waals surface area contributed by atoms with Gasteiger partial charge in [0, 0.05) is 11.8 Å². The molecular weight excluding hydrogens is 384 g/mol. The molecule has 0 atom stereocenters. The first-order valence-corrected chi connectivity index (χ1v) is 9.50. The number of carbonyl (C=O) groups is 4. The zero-order valence-corrected chi connectivity index (χ0v) is 15.2. The molecule has 0 N–H and O–H groups in total. The van der Waals surface area contributed by atoms with Crippen LogP contribution in [0.25, 0.3) is 0 Å². The number of fused-ring (bicyclic) bond motifs is 2. The lowest BCUT2D eigenvalue weighted by atomic mass is 9.60. The fraction of sp³-hybridized carbons (Fsp3) is 0.0833. The van der Waals surface area contributed by atoms with Gasteiger partial charge in [-0.15, -0.1) is 0 Å². The van der Waals surface area contributed by atoms with Crippen molar-refractivity contribution in [3.8, 4) is 0 Å². The number of ether oxygens (including phenoxy) is 2. The van der Waals surface area contributed by atoms with E-state index >= 15 is 0 Å². The Kier molecular flexibility index (Phi) is 2.59. The van der Waals surface area contributed by atoms with Gasteiger partial charge in [-0.05, 0) is 57.6 Å². The van der Waals surface area contributed by atoms with Gasteiger partial charge in [0.2, 0.25) is 0 Å². The van der Waals surface area contributed by atoms with Crippen molar-refractivity contribution in [3.05, 3.63) is 104 Å². The van der Waals surface area contributed by atoms with E-state index in [1.807, 2.05) is 24.3 Å². The highest BCUT2D eigenvalue weighted by Crippen LogP contribution is 2.57. The van der Waals surface area contributed by atoms with Crippen LogP contribution in [0.1, 0.15) is 86.6 Å². The Labute approximate surface area is 169 Å². The molecule has 6 nitrogen and oxygen atoms in total. The Morgan fingerprint density at radius 2 is 0.767 bits per heavy atom. The maximum atomic E-state index is 12.1. The quantitative estimate of drug-likeness (QED) is 0.296. The van der Waals surface area contributed by atoms with Crippen LogP contribution in [0.5, 0.6) is 0 Å². The standard InChI is InChI=1S/C24H10O6/c25-21-15-5-11-13(7-17(15)23(27)29-21)20-10-4-2-1-3-9(10)19(11)12-6-16-18(8-14(12)20)24(28)30-22(16)26/h1-8,19-20H. The third-order valence-corrected chi connectivity index (χ3v) is 6.56. The summed E-state index contributed by atoms with van der Waals surface area (Å²) in [6, 6.07) is 14.9. The lowest BCUT2D eigenvalue weighted by Crippen LogP contribution is -2.28. The number of esters is 4. The lowest BCUT2D eigenvalue weighted by Gasteiger charge is -2.42. The molecule has 0 saturated carbocycles. The second kappa shape index (κ2) is 4.91. The summed E-state index contributed by atoms with van der Waals surface area (Å²) in [7, 11) is 0. The van der Waals surface area contributed by atoms with Crippen molar-refractivity contribution in [2.45, 2.75) is 11.8 Å². The van der Waals surface area contributed by atoms with Crippen molar-refractivity contribution >= 4 is 23.9 Å². The summed E-state index contributed by atoms with van der Waals surface area (Å²) in [6.45, 7) is 0. The molecule has 0 aromatic heterocycles. The predicted molar refractivity (Wildman–Crippen MR) is 101 cm³/mol. The molecule has 0 radical (unpaired) electrons. The molecule has 30 heavy (non-hydrogen) atoms. The van der Waals surface area contributed by atoms with Crippen molar-refractivity contribution < 1.29 is 28.7 Å². The van der Waals surface area contributed by atoms with Crippen LogP contribution in [0.2, 0.25) is 0 Å². The first-order chi connectivity index (χ1) is 14.5. The number of cyclic esters (lactones) is 4. The fourth-order valence-electron chi connectivity index (χ4n) is 5.37. The van der Waals surface area contributed by atoms with Gasteiger partial charge in [-0.3, -0.25) is 0 Å². The highest BCUT2D eigenvalue weighted by Gasteiger charge is 2.45. The Morgan fingerprint density at radius 3 is 1.07 bits per heavy atom. The molecule has 2 bridgehead atoms. The summed E-state index contributed by atoms with van der Waals surface area (Å²) < 4.78 is 9.61. The van der Waals surface area contributed by atoms with E-state index in [1.165, 1.54) is 0 Å². The van der Waals surface area contributed by atoms with Crippen LogP contribution in [0.3, 0.4) is 0 Å². The number of benzene rings is 3. The van der Waals surface area contributed by atoms with Crippen LogP contribution >= 0.6 is 0 Å². The van der Waals surface area contributed by atoms with Gasteiger partial charge in [-0.2, -0.15) is 0 Å². The molecule has 2 heterocycles. The molecule has 3 aromatic rings.